The minimum atomic E-state index is -0.615. The summed E-state index contributed by atoms with van der Waals surface area (Å²) in [6.45, 7) is 7.80. The van der Waals surface area contributed by atoms with Crippen molar-refractivity contribution >= 4 is 5.69 Å². The number of likely N-dealkylation sites (N-methyl/N-ethyl adjacent to an activating group) is 1. The van der Waals surface area contributed by atoms with Gasteiger partial charge in [-0.2, -0.15) is 0 Å². The molecule has 0 aromatic heterocycles. The van der Waals surface area contributed by atoms with Gasteiger partial charge in [0.25, 0.3) is 0 Å². The van der Waals surface area contributed by atoms with Crippen molar-refractivity contribution in [3.8, 4) is 0 Å². The fraction of sp³-hybridized carbons (Fsp3) is 0.571. The van der Waals surface area contributed by atoms with E-state index in [4.69, 9.17) is 5.73 Å². The zero-order valence-electron chi connectivity index (χ0n) is 11.3. The van der Waals surface area contributed by atoms with Gasteiger partial charge >= 0.3 is 0 Å². The van der Waals surface area contributed by atoms with Crippen LogP contribution in [0.1, 0.15) is 18.6 Å². The van der Waals surface area contributed by atoms with Crippen molar-refractivity contribution in [3.05, 3.63) is 29.6 Å². The van der Waals surface area contributed by atoms with E-state index in [2.05, 4.69) is 16.7 Å². The lowest BCUT2D eigenvalue weighted by Gasteiger charge is -2.35. The van der Waals surface area contributed by atoms with Crippen LogP contribution in [0, 0.1) is 5.82 Å². The Morgan fingerprint density at radius 1 is 1.26 bits per heavy atom. The first-order valence-electron chi connectivity index (χ1n) is 6.78. The number of nitrogens with two attached hydrogens (primary N) is 1. The Balaban J connectivity index is 1.90. The maximum absolute atomic E-state index is 13.1. The summed E-state index contributed by atoms with van der Waals surface area (Å²) < 4.78 is 13.1. The Labute approximate surface area is 113 Å². The van der Waals surface area contributed by atoms with Crippen molar-refractivity contribution in [2.45, 2.75) is 13.0 Å². The first-order chi connectivity index (χ1) is 9.10. The molecule has 0 saturated carbocycles. The fourth-order valence-electron chi connectivity index (χ4n) is 2.41. The van der Waals surface area contributed by atoms with Gasteiger partial charge in [-0.3, -0.25) is 4.90 Å². The number of nitrogens with zero attached hydrogens (tertiary/aromatic N) is 2. The molecule has 3 N–H and O–H groups in total. The molecule has 0 spiro atoms. The molecule has 4 nitrogen and oxygen atoms in total. The number of hydrogen-bond acceptors (Lipinski definition) is 4. The van der Waals surface area contributed by atoms with Crippen molar-refractivity contribution in [1.82, 2.24) is 9.80 Å². The zero-order chi connectivity index (χ0) is 13.8. The molecule has 5 heteroatoms. The van der Waals surface area contributed by atoms with Gasteiger partial charge in [0.1, 0.15) is 5.82 Å². The van der Waals surface area contributed by atoms with Gasteiger partial charge in [0.05, 0.1) is 11.8 Å². The number of rotatable bonds is 4. The van der Waals surface area contributed by atoms with E-state index in [1.165, 1.54) is 12.1 Å². The number of halogens is 1. The molecule has 19 heavy (non-hydrogen) atoms. The summed E-state index contributed by atoms with van der Waals surface area (Å²) in [6.07, 6.45) is -0.615. The monoisotopic (exact) mass is 267 g/mol. The Morgan fingerprint density at radius 2 is 1.89 bits per heavy atom. The van der Waals surface area contributed by atoms with Crippen LogP contribution in [0.2, 0.25) is 0 Å². The number of nitrogen functional groups attached to an aromatic ring is 1. The summed E-state index contributed by atoms with van der Waals surface area (Å²) in [5, 5.41) is 10.2. The average Bonchev–Trinajstić information content (AvgIpc) is 2.42. The van der Waals surface area contributed by atoms with Crippen molar-refractivity contribution in [3.63, 3.8) is 0 Å². The van der Waals surface area contributed by atoms with Crippen molar-refractivity contribution < 1.29 is 9.50 Å². The second-order valence-electron chi connectivity index (χ2n) is 5.03. The molecule has 0 radical (unpaired) electrons. The quantitative estimate of drug-likeness (QED) is 0.802. The van der Waals surface area contributed by atoms with Crippen LogP contribution in [-0.2, 0) is 0 Å². The predicted octanol–water partition coefficient (Wildman–Crippen LogP) is 1.08. The van der Waals surface area contributed by atoms with Gasteiger partial charge in [-0.1, -0.05) is 13.0 Å². The molecule has 1 atom stereocenters. The number of β-amino-alcohol motifs (C(OH)–C–C–N with tert-alkyl or cyclic N) is 1. The number of hydrogen-bond donors (Lipinski definition) is 2. The number of aliphatic hydroxyl groups is 1. The van der Waals surface area contributed by atoms with E-state index in [1.54, 1.807) is 6.07 Å². The van der Waals surface area contributed by atoms with Crippen LogP contribution < -0.4 is 5.73 Å². The molecule has 0 amide bonds. The normalized spacial score (nSPS) is 19.5. The SMILES string of the molecule is CCN1CCN(CC(O)c2ccc(F)c(N)c2)CC1. The lowest BCUT2D eigenvalue weighted by molar-refractivity contribution is 0.0744. The molecule has 1 aliphatic rings. The third-order valence-electron chi connectivity index (χ3n) is 3.75. The highest BCUT2D eigenvalue weighted by atomic mass is 19.1. The van der Waals surface area contributed by atoms with Gasteiger partial charge in [0.15, 0.2) is 0 Å². The van der Waals surface area contributed by atoms with Gasteiger partial charge in [-0.05, 0) is 24.2 Å². The van der Waals surface area contributed by atoms with E-state index in [0.29, 0.717) is 12.1 Å². The van der Waals surface area contributed by atoms with E-state index >= 15 is 0 Å². The fourth-order valence-corrected chi connectivity index (χ4v) is 2.41. The summed E-state index contributed by atoms with van der Waals surface area (Å²) >= 11 is 0. The molecule has 1 aromatic carbocycles. The van der Waals surface area contributed by atoms with Crippen molar-refractivity contribution in [2.24, 2.45) is 0 Å². The number of anilines is 1. The summed E-state index contributed by atoms with van der Waals surface area (Å²) in [5.74, 6) is -0.437. The first-order valence-corrected chi connectivity index (χ1v) is 6.78. The van der Waals surface area contributed by atoms with E-state index in [0.717, 1.165) is 32.7 Å². The average molecular weight is 267 g/mol. The highest BCUT2D eigenvalue weighted by molar-refractivity contribution is 5.43. The van der Waals surface area contributed by atoms with E-state index in [9.17, 15) is 9.50 Å². The molecule has 106 valence electrons. The standard InChI is InChI=1S/C14H22FN3O/c1-2-17-5-7-18(8-6-17)10-14(19)11-3-4-12(15)13(16)9-11/h3-4,9,14,19H,2,5-8,10,16H2,1H3. The molecule has 2 rings (SSSR count). The van der Waals surface area contributed by atoms with Gasteiger partial charge in [-0.25, -0.2) is 4.39 Å². The van der Waals surface area contributed by atoms with Crippen LogP contribution in [0.15, 0.2) is 18.2 Å². The lowest BCUT2D eigenvalue weighted by atomic mass is 10.1. The maximum Gasteiger partial charge on any atom is 0.146 e. The van der Waals surface area contributed by atoms with Gasteiger partial charge in [0.2, 0.25) is 0 Å². The molecule has 1 aromatic rings. The molecular formula is C14H22FN3O. The second-order valence-corrected chi connectivity index (χ2v) is 5.03. The van der Waals surface area contributed by atoms with Gasteiger partial charge in [-0.15, -0.1) is 0 Å². The van der Waals surface area contributed by atoms with Crippen molar-refractivity contribution in [2.75, 3.05) is 45.0 Å². The van der Waals surface area contributed by atoms with Crippen LogP contribution in [0.3, 0.4) is 0 Å². The number of benzene rings is 1. The molecule has 1 heterocycles. The Hall–Kier alpha value is -1.17. The predicted molar refractivity (Wildman–Crippen MR) is 74.3 cm³/mol. The number of aliphatic hydroxyl groups excluding tert-OH is 1. The molecule has 0 aliphatic carbocycles. The van der Waals surface area contributed by atoms with Crippen LogP contribution in [0.25, 0.3) is 0 Å². The van der Waals surface area contributed by atoms with Crippen LogP contribution in [0.4, 0.5) is 10.1 Å². The Morgan fingerprint density at radius 3 is 2.47 bits per heavy atom. The lowest BCUT2D eigenvalue weighted by Crippen LogP contribution is -2.47. The van der Waals surface area contributed by atoms with Crippen LogP contribution >= 0.6 is 0 Å². The van der Waals surface area contributed by atoms with Gasteiger partial charge < -0.3 is 15.7 Å². The largest absolute Gasteiger partial charge is 0.396 e. The maximum atomic E-state index is 13.1. The van der Waals surface area contributed by atoms with E-state index in [1.807, 2.05) is 0 Å². The Kier molecular flexibility index (Phi) is 4.74. The zero-order valence-corrected chi connectivity index (χ0v) is 11.3. The molecule has 1 aliphatic heterocycles. The molecule has 1 unspecified atom stereocenters. The van der Waals surface area contributed by atoms with Crippen LogP contribution in [0.5, 0.6) is 0 Å². The third-order valence-corrected chi connectivity index (χ3v) is 3.75. The highest BCUT2D eigenvalue weighted by Gasteiger charge is 2.19. The summed E-state index contributed by atoms with van der Waals surface area (Å²) in [7, 11) is 0. The van der Waals surface area contributed by atoms with Gasteiger partial charge in [0, 0.05) is 32.7 Å². The van der Waals surface area contributed by atoms with Crippen LogP contribution in [-0.4, -0.2) is 54.2 Å². The summed E-state index contributed by atoms with van der Waals surface area (Å²) in [6, 6.07) is 4.42. The molecular weight excluding hydrogens is 245 g/mol. The first kappa shape index (κ1) is 14.2. The third kappa shape index (κ3) is 3.65. The Bertz CT molecular complexity index is 419. The topological polar surface area (TPSA) is 52.7 Å². The summed E-state index contributed by atoms with van der Waals surface area (Å²) in [4.78, 5) is 4.62. The van der Waals surface area contributed by atoms with E-state index < -0.39 is 11.9 Å². The second kappa shape index (κ2) is 6.32. The molecule has 1 saturated heterocycles. The molecule has 1 fully saturated rings. The number of piperazine rings is 1. The van der Waals surface area contributed by atoms with Crippen molar-refractivity contribution in [1.29, 1.82) is 0 Å². The minimum absolute atomic E-state index is 0.0901. The highest BCUT2D eigenvalue weighted by Crippen LogP contribution is 2.20. The molecule has 0 bridgehead atoms. The minimum Gasteiger partial charge on any atom is -0.396 e. The van der Waals surface area contributed by atoms with E-state index in [-0.39, 0.29) is 5.69 Å². The summed E-state index contributed by atoms with van der Waals surface area (Å²) in [5.41, 5.74) is 6.29. The smallest absolute Gasteiger partial charge is 0.146 e.